The largest absolute Gasteiger partial charge is 0.296 e. The number of pyridine rings is 1. The van der Waals surface area contributed by atoms with Crippen molar-refractivity contribution in [1.82, 2.24) is 19.7 Å². The van der Waals surface area contributed by atoms with Gasteiger partial charge in [0.15, 0.2) is 10.6 Å². The van der Waals surface area contributed by atoms with Gasteiger partial charge in [-0.25, -0.2) is 0 Å². The Balaban J connectivity index is 2.05. The second-order valence-electron chi connectivity index (χ2n) is 4.61. The summed E-state index contributed by atoms with van der Waals surface area (Å²) in [5.41, 5.74) is 3.39. The third-order valence-corrected chi connectivity index (χ3v) is 3.57. The Morgan fingerprint density at radius 1 is 1.20 bits per heavy atom. The molecule has 2 aromatic heterocycles. The van der Waals surface area contributed by atoms with Crippen LogP contribution in [0.5, 0.6) is 0 Å². The molecule has 0 atom stereocenters. The summed E-state index contributed by atoms with van der Waals surface area (Å²) in [7, 11) is 0. The fourth-order valence-corrected chi connectivity index (χ4v) is 2.32. The van der Waals surface area contributed by atoms with Crippen molar-refractivity contribution in [2.75, 3.05) is 0 Å². The molecule has 3 aromatic rings. The van der Waals surface area contributed by atoms with Crippen LogP contribution in [0.25, 0.3) is 11.4 Å². The van der Waals surface area contributed by atoms with Gasteiger partial charge in [0.05, 0.1) is 6.54 Å². The zero-order chi connectivity index (χ0) is 13.9. The zero-order valence-corrected chi connectivity index (χ0v) is 11.9. The van der Waals surface area contributed by atoms with Gasteiger partial charge in [0.1, 0.15) is 0 Å². The highest BCUT2D eigenvalue weighted by Crippen LogP contribution is 2.18. The maximum atomic E-state index is 5.34. The molecule has 0 aliphatic heterocycles. The van der Waals surface area contributed by atoms with Gasteiger partial charge in [-0.3, -0.25) is 14.6 Å². The number of nitrogens with one attached hydrogen (secondary N) is 1. The summed E-state index contributed by atoms with van der Waals surface area (Å²) in [6.45, 7) is 2.74. The van der Waals surface area contributed by atoms with Crippen LogP contribution < -0.4 is 0 Å². The molecule has 0 radical (unpaired) electrons. The number of aryl methyl sites for hydroxylation is 1. The minimum atomic E-state index is 0.625. The fourth-order valence-electron chi connectivity index (χ4n) is 2.12. The second-order valence-corrected chi connectivity index (χ2v) is 4.99. The summed E-state index contributed by atoms with van der Waals surface area (Å²) < 4.78 is 2.63. The molecule has 4 nitrogen and oxygen atoms in total. The van der Waals surface area contributed by atoms with Crippen molar-refractivity contribution in [3.05, 3.63) is 64.7 Å². The Kier molecular flexibility index (Phi) is 3.43. The van der Waals surface area contributed by atoms with Crippen molar-refractivity contribution in [2.45, 2.75) is 13.5 Å². The van der Waals surface area contributed by atoms with Crippen LogP contribution in [0, 0.1) is 11.7 Å². The van der Waals surface area contributed by atoms with E-state index in [1.54, 1.807) is 6.20 Å². The number of nitrogens with zero attached hydrogens (tertiary/aromatic N) is 3. The molecule has 20 heavy (non-hydrogen) atoms. The van der Waals surface area contributed by atoms with E-state index in [0.717, 1.165) is 17.0 Å². The van der Waals surface area contributed by atoms with Gasteiger partial charge >= 0.3 is 0 Å². The van der Waals surface area contributed by atoms with E-state index in [1.165, 1.54) is 5.56 Å². The highest BCUT2D eigenvalue weighted by molar-refractivity contribution is 7.71. The van der Waals surface area contributed by atoms with Crippen LogP contribution in [0.3, 0.4) is 0 Å². The Hall–Kier alpha value is -2.27. The number of H-pyrrole nitrogens is 1. The number of aromatic amines is 1. The first-order chi connectivity index (χ1) is 9.75. The maximum Gasteiger partial charge on any atom is 0.195 e. The summed E-state index contributed by atoms with van der Waals surface area (Å²) in [5.74, 6) is 0.854. The van der Waals surface area contributed by atoms with Gasteiger partial charge < -0.3 is 0 Å². The van der Waals surface area contributed by atoms with Crippen molar-refractivity contribution < 1.29 is 0 Å². The van der Waals surface area contributed by atoms with Gasteiger partial charge in [-0.2, -0.15) is 5.10 Å². The molecular formula is C15H14N4S. The maximum absolute atomic E-state index is 5.34. The van der Waals surface area contributed by atoms with E-state index in [0.29, 0.717) is 11.3 Å². The Morgan fingerprint density at radius 2 is 2.00 bits per heavy atom. The molecule has 1 N–H and O–H groups in total. The fraction of sp³-hybridized carbons (Fsp3) is 0.133. The smallest absolute Gasteiger partial charge is 0.195 e. The zero-order valence-electron chi connectivity index (χ0n) is 11.1. The Labute approximate surface area is 122 Å². The third kappa shape index (κ3) is 2.40. The van der Waals surface area contributed by atoms with Crippen LogP contribution in [0.15, 0.2) is 48.8 Å². The van der Waals surface area contributed by atoms with Crippen LogP contribution in [0.4, 0.5) is 0 Å². The second kappa shape index (κ2) is 5.38. The van der Waals surface area contributed by atoms with E-state index in [1.807, 2.05) is 54.1 Å². The van der Waals surface area contributed by atoms with Gasteiger partial charge in [0, 0.05) is 18.0 Å². The minimum Gasteiger partial charge on any atom is -0.296 e. The molecule has 2 heterocycles. The molecule has 0 saturated carbocycles. The van der Waals surface area contributed by atoms with Crippen molar-refractivity contribution in [2.24, 2.45) is 0 Å². The molecule has 0 amide bonds. The van der Waals surface area contributed by atoms with E-state index in [4.69, 9.17) is 12.2 Å². The van der Waals surface area contributed by atoms with Gasteiger partial charge in [-0.1, -0.05) is 30.3 Å². The van der Waals surface area contributed by atoms with E-state index in [2.05, 4.69) is 15.2 Å². The highest BCUT2D eigenvalue weighted by atomic mass is 32.1. The van der Waals surface area contributed by atoms with Gasteiger partial charge in [-0.05, 0) is 36.3 Å². The lowest BCUT2D eigenvalue weighted by molar-refractivity contribution is 0.783. The molecule has 0 aliphatic rings. The molecule has 0 unspecified atom stereocenters. The van der Waals surface area contributed by atoms with Crippen LogP contribution in [-0.4, -0.2) is 19.7 Å². The van der Waals surface area contributed by atoms with E-state index >= 15 is 0 Å². The van der Waals surface area contributed by atoms with Crippen LogP contribution >= 0.6 is 12.2 Å². The van der Waals surface area contributed by atoms with Crippen molar-refractivity contribution in [1.29, 1.82) is 0 Å². The first kappa shape index (κ1) is 12.7. The average Bonchev–Trinajstić information content (AvgIpc) is 2.84. The third-order valence-electron chi connectivity index (χ3n) is 3.26. The molecular weight excluding hydrogens is 268 g/mol. The monoisotopic (exact) mass is 282 g/mol. The quantitative estimate of drug-likeness (QED) is 0.749. The summed E-state index contributed by atoms with van der Waals surface area (Å²) in [6, 6.07) is 12.0. The Morgan fingerprint density at radius 3 is 2.75 bits per heavy atom. The number of aromatic nitrogens is 4. The number of hydrogen-bond acceptors (Lipinski definition) is 3. The average molecular weight is 282 g/mol. The molecule has 3 rings (SSSR count). The normalized spacial score (nSPS) is 10.7. The van der Waals surface area contributed by atoms with Gasteiger partial charge in [0.25, 0.3) is 0 Å². The Bertz CT molecular complexity index is 774. The standard InChI is InChI=1S/C15H14N4S/c1-11-9-16-8-7-13(11)10-19-14(17-18-15(19)20)12-5-3-2-4-6-12/h2-9H,10H2,1H3,(H,18,20). The molecule has 5 heteroatoms. The summed E-state index contributed by atoms with van der Waals surface area (Å²) in [5, 5.41) is 7.22. The number of benzene rings is 1. The highest BCUT2D eigenvalue weighted by Gasteiger charge is 2.09. The lowest BCUT2D eigenvalue weighted by Crippen LogP contribution is -2.04. The van der Waals surface area contributed by atoms with Crippen LogP contribution in [0.1, 0.15) is 11.1 Å². The molecule has 0 saturated heterocycles. The van der Waals surface area contributed by atoms with Crippen LogP contribution in [-0.2, 0) is 6.54 Å². The summed E-state index contributed by atoms with van der Waals surface area (Å²) >= 11 is 5.34. The number of hydrogen-bond donors (Lipinski definition) is 1. The van der Waals surface area contributed by atoms with Gasteiger partial charge in [0.2, 0.25) is 0 Å². The number of rotatable bonds is 3. The van der Waals surface area contributed by atoms with E-state index in [9.17, 15) is 0 Å². The van der Waals surface area contributed by atoms with Crippen molar-refractivity contribution in [3.63, 3.8) is 0 Å². The summed E-state index contributed by atoms with van der Waals surface area (Å²) in [4.78, 5) is 4.12. The molecule has 0 spiro atoms. The SMILES string of the molecule is Cc1cnccc1Cn1c(-c2ccccc2)n[nH]c1=S. The van der Waals surface area contributed by atoms with Crippen molar-refractivity contribution >= 4 is 12.2 Å². The summed E-state index contributed by atoms with van der Waals surface area (Å²) in [6.07, 6.45) is 3.66. The lowest BCUT2D eigenvalue weighted by Gasteiger charge is -2.09. The predicted octanol–water partition coefficient (Wildman–Crippen LogP) is 3.36. The molecule has 0 fully saturated rings. The first-order valence-corrected chi connectivity index (χ1v) is 6.76. The lowest BCUT2D eigenvalue weighted by atomic mass is 10.1. The molecule has 0 aliphatic carbocycles. The molecule has 100 valence electrons. The van der Waals surface area contributed by atoms with E-state index in [-0.39, 0.29) is 0 Å². The van der Waals surface area contributed by atoms with Gasteiger partial charge in [-0.15, -0.1) is 0 Å². The molecule has 1 aromatic carbocycles. The topological polar surface area (TPSA) is 46.5 Å². The first-order valence-electron chi connectivity index (χ1n) is 6.36. The van der Waals surface area contributed by atoms with E-state index < -0.39 is 0 Å². The minimum absolute atomic E-state index is 0.625. The van der Waals surface area contributed by atoms with Crippen molar-refractivity contribution in [3.8, 4) is 11.4 Å². The van der Waals surface area contributed by atoms with Crippen LogP contribution in [0.2, 0.25) is 0 Å². The predicted molar refractivity (Wildman–Crippen MR) is 80.9 cm³/mol. The molecule has 0 bridgehead atoms.